The van der Waals surface area contributed by atoms with Gasteiger partial charge in [0.1, 0.15) is 5.75 Å². The second kappa shape index (κ2) is 12.0. The molecule has 5 nitrogen and oxygen atoms in total. The highest BCUT2D eigenvalue weighted by Gasteiger charge is 2.20. The first-order valence-electron chi connectivity index (χ1n) is 8.78. The van der Waals surface area contributed by atoms with Crippen LogP contribution < -0.4 is 15.8 Å². The van der Waals surface area contributed by atoms with E-state index in [1.54, 1.807) is 7.11 Å². The van der Waals surface area contributed by atoms with Crippen molar-refractivity contribution in [2.75, 3.05) is 32.1 Å². The van der Waals surface area contributed by atoms with Gasteiger partial charge in [-0.3, -0.25) is 9.89 Å². The molecule has 7 heteroatoms. The van der Waals surface area contributed by atoms with Crippen LogP contribution >= 0.6 is 35.6 Å². The second-order valence-electron chi connectivity index (χ2n) is 5.84. The van der Waals surface area contributed by atoms with Crippen molar-refractivity contribution < 1.29 is 4.74 Å². The molecule has 0 aliphatic carbocycles. The van der Waals surface area contributed by atoms with Crippen LogP contribution in [0.4, 0.5) is 5.69 Å². The Kier molecular flexibility index (Phi) is 10.5. The number of guanidine groups is 1. The molecule has 0 fully saturated rings. The van der Waals surface area contributed by atoms with Crippen LogP contribution in [0.5, 0.6) is 5.75 Å². The molecule has 1 unspecified atom stereocenters. The van der Waals surface area contributed by atoms with Crippen LogP contribution in [0.15, 0.2) is 53.5 Å². The van der Waals surface area contributed by atoms with Gasteiger partial charge in [-0.1, -0.05) is 49.7 Å². The van der Waals surface area contributed by atoms with E-state index in [9.17, 15) is 0 Å². The summed E-state index contributed by atoms with van der Waals surface area (Å²) in [5, 5.41) is 3.86. The second-order valence-corrected chi connectivity index (χ2v) is 6.25. The first-order valence-corrected chi connectivity index (χ1v) is 9.16. The van der Waals surface area contributed by atoms with Crippen molar-refractivity contribution in [3.63, 3.8) is 0 Å². The first-order chi connectivity index (χ1) is 12.6. The summed E-state index contributed by atoms with van der Waals surface area (Å²) in [5.74, 6) is 1.13. The quantitative estimate of drug-likeness (QED) is 0.310. The molecule has 0 aliphatic heterocycles. The van der Waals surface area contributed by atoms with Gasteiger partial charge in [0.05, 0.1) is 19.7 Å². The lowest BCUT2D eigenvalue weighted by Crippen LogP contribution is -2.32. The maximum Gasteiger partial charge on any atom is 0.193 e. The van der Waals surface area contributed by atoms with Gasteiger partial charge < -0.3 is 15.8 Å². The van der Waals surface area contributed by atoms with E-state index < -0.39 is 0 Å². The zero-order chi connectivity index (χ0) is 18.9. The largest absolute Gasteiger partial charge is 0.497 e. The number of nitrogens with one attached hydrogen (secondary N) is 1. The number of halogens is 2. The molecule has 0 spiro atoms. The standard InChI is InChI=1S/C20H27ClN4O.HI/c1-4-25(5-2)19(17-11-6-7-12-18(17)21)14-23-20(22)24-15-9-8-10-16(13-15)26-3;/h6-13,19H,4-5,14H2,1-3H3,(H3,22,23,24);1H. The van der Waals surface area contributed by atoms with Gasteiger partial charge >= 0.3 is 0 Å². The molecule has 0 bridgehead atoms. The fraction of sp³-hybridized carbons (Fsp3) is 0.350. The predicted molar refractivity (Wildman–Crippen MR) is 126 cm³/mol. The van der Waals surface area contributed by atoms with Crippen molar-refractivity contribution in [3.05, 3.63) is 59.1 Å². The predicted octanol–water partition coefficient (Wildman–Crippen LogP) is 4.78. The van der Waals surface area contributed by atoms with E-state index in [2.05, 4.69) is 29.1 Å². The monoisotopic (exact) mass is 502 g/mol. The lowest BCUT2D eigenvalue weighted by atomic mass is 10.1. The summed E-state index contributed by atoms with van der Waals surface area (Å²) in [7, 11) is 1.63. The number of aliphatic imine (C=N–C) groups is 1. The minimum Gasteiger partial charge on any atom is -0.497 e. The Labute approximate surface area is 184 Å². The molecule has 3 N–H and O–H groups in total. The molecule has 2 aromatic rings. The van der Waals surface area contributed by atoms with Crippen LogP contribution in [0.2, 0.25) is 5.02 Å². The SMILES string of the molecule is CCN(CC)C(CN=C(N)Nc1cccc(OC)c1)c1ccccc1Cl.I. The maximum atomic E-state index is 6.42. The minimum absolute atomic E-state index is 0. The Bertz CT molecular complexity index is 737. The maximum absolute atomic E-state index is 6.42. The number of methoxy groups -OCH3 is 1. The summed E-state index contributed by atoms with van der Waals surface area (Å²) in [6.07, 6.45) is 0. The third-order valence-corrected chi connectivity index (χ3v) is 4.64. The summed E-state index contributed by atoms with van der Waals surface area (Å²) in [6.45, 7) is 6.61. The van der Waals surface area contributed by atoms with Crippen LogP contribution in [0.25, 0.3) is 0 Å². The van der Waals surface area contributed by atoms with Crippen LogP contribution in [-0.2, 0) is 0 Å². The molecule has 2 rings (SSSR count). The molecule has 0 saturated carbocycles. The van der Waals surface area contributed by atoms with Crippen molar-refractivity contribution in [1.82, 2.24) is 4.90 Å². The molecule has 0 aromatic heterocycles. The van der Waals surface area contributed by atoms with Crippen molar-refractivity contribution in [3.8, 4) is 5.75 Å². The number of ether oxygens (including phenoxy) is 1. The Morgan fingerprint density at radius 1 is 1.19 bits per heavy atom. The minimum atomic E-state index is 0. The van der Waals surface area contributed by atoms with Crippen molar-refractivity contribution >= 4 is 47.2 Å². The smallest absolute Gasteiger partial charge is 0.193 e. The van der Waals surface area contributed by atoms with E-state index in [-0.39, 0.29) is 30.0 Å². The Hall–Kier alpha value is -1.51. The molecule has 148 valence electrons. The van der Waals surface area contributed by atoms with E-state index in [4.69, 9.17) is 22.1 Å². The van der Waals surface area contributed by atoms with Gasteiger partial charge in [-0.2, -0.15) is 0 Å². The number of hydrogen-bond acceptors (Lipinski definition) is 3. The highest BCUT2D eigenvalue weighted by atomic mass is 127. The first kappa shape index (κ1) is 23.5. The van der Waals surface area contributed by atoms with Crippen molar-refractivity contribution in [2.24, 2.45) is 10.7 Å². The van der Waals surface area contributed by atoms with Gasteiger partial charge in [-0.05, 0) is 36.9 Å². The highest BCUT2D eigenvalue weighted by molar-refractivity contribution is 14.0. The van der Waals surface area contributed by atoms with Crippen LogP contribution in [-0.4, -0.2) is 37.6 Å². The molecule has 1 atom stereocenters. The van der Waals surface area contributed by atoms with E-state index in [1.807, 2.05) is 48.5 Å². The van der Waals surface area contributed by atoms with E-state index in [1.165, 1.54) is 0 Å². The number of likely N-dealkylation sites (N-methyl/N-ethyl adjacent to an activating group) is 1. The number of hydrogen-bond donors (Lipinski definition) is 2. The number of nitrogens with zero attached hydrogens (tertiary/aromatic N) is 2. The lowest BCUT2D eigenvalue weighted by molar-refractivity contribution is 0.224. The fourth-order valence-electron chi connectivity index (χ4n) is 2.89. The molecule has 0 saturated heterocycles. The molecular weight excluding hydrogens is 475 g/mol. The molecule has 0 radical (unpaired) electrons. The zero-order valence-electron chi connectivity index (χ0n) is 16.0. The Morgan fingerprint density at radius 2 is 1.89 bits per heavy atom. The summed E-state index contributed by atoms with van der Waals surface area (Å²) in [4.78, 5) is 6.87. The van der Waals surface area contributed by atoms with E-state index in [0.717, 1.165) is 35.1 Å². The average Bonchev–Trinajstić information content (AvgIpc) is 2.66. The summed E-state index contributed by atoms with van der Waals surface area (Å²) >= 11 is 6.42. The van der Waals surface area contributed by atoms with Gasteiger partial charge in [-0.25, -0.2) is 0 Å². The third kappa shape index (κ3) is 6.86. The average molecular weight is 503 g/mol. The lowest BCUT2D eigenvalue weighted by Gasteiger charge is -2.29. The van der Waals surface area contributed by atoms with Gasteiger partial charge in [-0.15, -0.1) is 24.0 Å². The number of nitrogens with two attached hydrogens (primary N) is 1. The molecule has 0 aliphatic rings. The fourth-order valence-corrected chi connectivity index (χ4v) is 3.15. The summed E-state index contributed by atoms with van der Waals surface area (Å²) < 4.78 is 5.22. The van der Waals surface area contributed by atoms with Gasteiger partial charge in [0, 0.05) is 16.8 Å². The normalized spacial score (nSPS) is 12.4. The van der Waals surface area contributed by atoms with Gasteiger partial charge in [0.2, 0.25) is 0 Å². The molecular formula is C20H28ClIN4O. The Morgan fingerprint density at radius 3 is 2.52 bits per heavy atom. The third-order valence-electron chi connectivity index (χ3n) is 4.29. The van der Waals surface area contributed by atoms with Gasteiger partial charge in [0.15, 0.2) is 5.96 Å². The van der Waals surface area contributed by atoms with E-state index in [0.29, 0.717) is 12.5 Å². The summed E-state index contributed by atoms with van der Waals surface area (Å²) in [6, 6.07) is 15.5. The number of anilines is 1. The summed E-state index contributed by atoms with van der Waals surface area (Å²) in [5.41, 5.74) is 7.99. The van der Waals surface area contributed by atoms with Crippen LogP contribution in [0, 0.1) is 0 Å². The molecule has 0 heterocycles. The van der Waals surface area contributed by atoms with Crippen LogP contribution in [0.3, 0.4) is 0 Å². The Balaban J connectivity index is 0.00000364. The highest BCUT2D eigenvalue weighted by Crippen LogP contribution is 2.27. The van der Waals surface area contributed by atoms with E-state index >= 15 is 0 Å². The number of rotatable bonds is 8. The van der Waals surface area contributed by atoms with Crippen LogP contribution in [0.1, 0.15) is 25.5 Å². The molecule has 2 aromatic carbocycles. The molecule has 27 heavy (non-hydrogen) atoms. The topological polar surface area (TPSA) is 62.9 Å². The van der Waals surface area contributed by atoms with Crippen molar-refractivity contribution in [1.29, 1.82) is 0 Å². The van der Waals surface area contributed by atoms with Gasteiger partial charge in [0.25, 0.3) is 0 Å². The molecule has 0 amide bonds. The number of benzene rings is 2. The zero-order valence-corrected chi connectivity index (χ0v) is 19.1. The van der Waals surface area contributed by atoms with Crippen molar-refractivity contribution in [2.45, 2.75) is 19.9 Å².